The van der Waals surface area contributed by atoms with Crippen molar-refractivity contribution in [1.29, 1.82) is 0 Å². The van der Waals surface area contributed by atoms with Crippen LogP contribution in [0.5, 0.6) is 11.5 Å². The molecule has 0 aliphatic heterocycles. The maximum absolute atomic E-state index is 11.6. The monoisotopic (exact) mass is 208 g/mol. The smallest absolute Gasteiger partial charge is 0.167 e. The number of phenolic OH excluding ortho intramolecular Hbond substituents is 1. The van der Waals surface area contributed by atoms with Crippen LogP contribution in [0.2, 0.25) is 0 Å². The molecule has 1 aromatic rings. The molecule has 15 heavy (non-hydrogen) atoms. The molecule has 0 saturated carbocycles. The fourth-order valence-electron chi connectivity index (χ4n) is 1.93. The van der Waals surface area contributed by atoms with Gasteiger partial charge in [-0.15, -0.1) is 0 Å². The summed E-state index contributed by atoms with van der Waals surface area (Å²) < 4.78 is 5.06. The lowest BCUT2D eigenvalue weighted by molar-refractivity contribution is 0.0887. The van der Waals surface area contributed by atoms with E-state index in [0.29, 0.717) is 17.7 Å². The average Bonchev–Trinajstić information content (AvgIpc) is 2.23. The summed E-state index contributed by atoms with van der Waals surface area (Å²) in [4.78, 5) is 11.6. The minimum atomic E-state index is -0.736. The minimum absolute atomic E-state index is 0.0884. The van der Waals surface area contributed by atoms with Crippen molar-refractivity contribution in [3.63, 3.8) is 0 Å². The Morgan fingerprint density at radius 3 is 2.87 bits per heavy atom. The van der Waals surface area contributed by atoms with Gasteiger partial charge in [0, 0.05) is 12.0 Å². The number of aliphatic hydroxyl groups excluding tert-OH is 1. The van der Waals surface area contributed by atoms with Crippen LogP contribution >= 0.6 is 0 Å². The van der Waals surface area contributed by atoms with E-state index in [-0.39, 0.29) is 23.5 Å². The number of benzene rings is 1. The largest absolute Gasteiger partial charge is 0.507 e. The maximum atomic E-state index is 11.6. The van der Waals surface area contributed by atoms with E-state index in [4.69, 9.17) is 4.74 Å². The third-order valence-corrected chi connectivity index (χ3v) is 2.66. The van der Waals surface area contributed by atoms with Gasteiger partial charge in [0.1, 0.15) is 11.5 Å². The Morgan fingerprint density at radius 1 is 1.47 bits per heavy atom. The van der Waals surface area contributed by atoms with Gasteiger partial charge in [-0.3, -0.25) is 4.79 Å². The number of aromatic hydroxyl groups is 1. The number of ether oxygens (including phenoxy) is 1. The van der Waals surface area contributed by atoms with E-state index in [2.05, 4.69) is 0 Å². The quantitative estimate of drug-likeness (QED) is 0.732. The van der Waals surface area contributed by atoms with Crippen LogP contribution in [-0.2, 0) is 0 Å². The van der Waals surface area contributed by atoms with Crippen molar-refractivity contribution in [2.45, 2.75) is 18.9 Å². The maximum Gasteiger partial charge on any atom is 0.167 e. The predicted octanol–water partition coefficient (Wildman–Crippen LogP) is 1.41. The molecular weight excluding hydrogens is 196 g/mol. The van der Waals surface area contributed by atoms with Crippen molar-refractivity contribution in [2.24, 2.45) is 0 Å². The molecule has 0 spiro atoms. The summed E-state index contributed by atoms with van der Waals surface area (Å²) >= 11 is 0. The highest BCUT2D eigenvalue weighted by Crippen LogP contribution is 2.40. The first kappa shape index (κ1) is 9.98. The van der Waals surface area contributed by atoms with Crippen LogP contribution in [-0.4, -0.2) is 23.1 Å². The van der Waals surface area contributed by atoms with E-state index in [1.54, 1.807) is 6.07 Å². The second kappa shape index (κ2) is 3.55. The minimum Gasteiger partial charge on any atom is -0.507 e. The van der Waals surface area contributed by atoms with Gasteiger partial charge < -0.3 is 14.9 Å². The Bertz CT molecular complexity index is 411. The summed E-state index contributed by atoms with van der Waals surface area (Å²) in [5, 5.41) is 19.3. The van der Waals surface area contributed by atoms with Gasteiger partial charge in [-0.1, -0.05) is 0 Å². The van der Waals surface area contributed by atoms with E-state index in [0.717, 1.165) is 0 Å². The number of phenols is 1. The lowest BCUT2D eigenvalue weighted by atomic mass is 9.87. The molecule has 0 bridgehead atoms. The fourth-order valence-corrected chi connectivity index (χ4v) is 1.93. The van der Waals surface area contributed by atoms with Gasteiger partial charge in [0.05, 0.1) is 18.8 Å². The summed E-state index contributed by atoms with van der Waals surface area (Å²) in [7, 11) is 1.47. The Morgan fingerprint density at radius 2 is 2.20 bits per heavy atom. The molecule has 0 saturated heterocycles. The van der Waals surface area contributed by atoms with Gasteiger partial charge >= 0.3 is 0 Å². The van der Waals surface area contributed by atoms with E-state index >= 15 is 0 Å². The van der Waals surface area contributed by atoms with Crippen LogP contribution in [0.4, 0.5) is 0 Å². The highest BCUT2D eigenvalue weighted by atomic mass is 16.5. The standard InChI is InChI=1S/C11H12O4/c1-15-9-5-4-7(13)10-6(12)2-3-8(14)11(9)10/h4-5,8,13-14H,2-3H2,1H3/t8-/m1/s1. The zero-order valence-electron chi connectivity index (χ0n) is 8.36. The number of Topliss-reactive ketones (excluding diaryl/α,β-unsaturated/α-hetero) is 1. The number of hydrogen-bond donors (Lipinski definition) is 2. The molecule has 0 aromatic heterocycles. The molecular formula is C11H12O4. The van der Waals surface area contributed by atoms with Crippen molar-refractivity contribution < 1.29 is 19.7 Å². The molecule has 2 rings (SSSR count). The Labute approximate surface area is 87.1 Å². The highest BCUT2D eigenvalue weighted by molar-refractivity contribution is 6.01. The Kier molecular flexibility index (Phi) is 2.36. The second-order valence-corrected chi connectivity index (χ2v) is 3.55. The zero-order chi connectivity index (χ0) is 11.0. The summed E-state index contributed by atoms with van der Waals surface area (Å²) in [6.07, 6.45) is -0.0969. The molecule has 1 aliphatic rings. The molecule has 4 heteroatoms. The van der Waals surface area contributed by atoms with Gasteiger partial charge in [-0.2, -0.15) is 0 Å². The van der Waals surface area contributed by atoms with Gasteiger partial charge in [-0.05, 0) is 18.6 Å². The van der Waals surface area contributed by atoms with Crippen molar-refractivity contribution in [1.82, 2.24) is 0 Å². The zero-order valence-corrected chi connectivity index (χ0v) is 8.36. The van der Waals surface area contributed by atoms with E-state index in [9.17, 15) is 15.0 Å². The second-order valence-electron chi connectivity index (χ2n) is 3.55. The molecule has 0 unspecified atom stereocenters. The molecule has 0 radical (unpaired) electrons. The summed E-state index contributed by atoms with van der Waals surface area (Å²) in [6, 6.07) is 2.96. The van der Waals surface area contributed by atoms with Crippen LogP contribution in [0.15, 0.2) is 12.1 Å². The summed E-state index contributed by atoms with van der Waals surface area (Å²) in [5.74, 6) is 0.213. The third-order valence-electron chi connectivity index (χ3n) is 2.66. The number of methoxy groups -OCH3 is 1. The third kappa shape index (κ3) is 1.47. The van der Waals surface area contributed by atoms with Crippen molar-refractivity contribution in [2.75, 3.05) is 7.11 Å². The summed E-state index contributed by atoms with van der Waals surface area (Å²) in [5.41, 5.74) is 0.613. The lowest BCUT2D eigenvalue weighted by Crippen LogP contribution is -2.16. The highest BCUT2D eigenvalue weighted by Gasteiger charge is 2.29. The summed E-state index contributed by atoms with van der Waals surface area (Å²) in [6.45, 7) is 0. The number of fused-ring (bicyclic) bond motifs is 1. The van der Waals surface area contributed by atoms with Gasteiger partial charge in [0.15, 0.2) is 5.78 Å². The van der Waals surface area contributed by atoms with Gasteiger partial charge in [-0.25, -0.2) is 0 Å². The van der Waals surface area contributed by atoms with Crippen molar-refractivity contribution >= 4 is 5.78 Å². The first-order valence-electron chi connectivity index (χ1n) is 4.76. The molecule has 1 aromatic carbocycles. The molecule has 1 aliphatic carbocycles. The van der Waals surface area contributed by atoms with E-state index in [1.165, 1.54) is 13.2 Å². The Hall–Kier alpha value is -1.55. The normalized spacial score (nSPS) is 19.9. The SMILES string of the molecule is COc1ccc(O)c2c1[C@H](O)CCC2=O. The fraction of sp³-hybridized carbons (Fsp3) is 0.364. The van der Waals surface area contributed by atoms with Crippen molar-refractivity contribution in [3.05, 3.63) is 23.3 Å². The molecule has 0 fully saturated rings. The van der Waals surface area contributed by atoms with Crippen LogP contribution in [0, 0.1) is 0 Å². The average molecular weight is 208 g/mol. The van der Waals surface area contributed by atoms with Crippen LogP contribution in [0.3, 0.4) is 0 Å². The van der Waals surface area contributed by atoms with Crippen molar-refractivity contribution in [3.8, 4) is 11.5 Å². The topological polar surface area (TPSA) is 66.8 Å². The van der Waals surface area contributed by atoms with Gasteiger partial charge in [0.25, 0.3) is 0 Å². The molecule has 0 amide bonds. The van der Waals surface area contributed by atoms with Crippen LogP contribution in [0.25, 0.3) is 0 Å². The first-order valence-corrected chi connectivity index (χ1v) is 4.76. The first-order chi connectivity index (χ1) is 7.15. The number of aliphatic hydroxyl groups is 1. The van der Waals surface area contributed by atoms with Crippen LogP contribution in [0.1, 0.15) is 34.9 Å². The van der Waals surface area contributed by atoms with E-state index < -0.39 is 6.10 Å². The number of rotatable bonds is 1. The van der Waals surface area contributed by atoms with E-state index in [1.807, 2.05) is 0 Å². The molecule has 2 N–H and O–H groups in total. The predicted molar refractivity (Wildman–Crippen MR) is 53.2 cm³/mol. The number of ketones is 1. The molecule has 1 atom stereocenters. The molecule has 80 valence electrons. The van der Waals surface area contributed by atoms with Gasteiger partial charge in [0.2, 0.25) is 0 Å². The number of carbonyl (C=O) groups excluding carboxylic acids is 1. The lowest BCUT2D eigenvalue weighted by Gasteiger charge is -2.23. The number of carbonyl (C=O) groups is 1. The Balaban J connectivity index is 2.68. The number of hydrogen-bond acceptors (Lipinski definition) is 4. The molecule has 4 nitrogen and oxygen atoms in total. The van der Waals surface area contributed by atoms with Crippen LogP contribution < -0.4 is 4.74 Å². The molecule has 0 heterocycles.